The molecular weight excluding hydrogens is 320 g/mol. The van der Waals surface area contributed by atoms with Gasteiger partial charge in [0.1, 0.15) is 5.78 Å². The quantitative estimate of drug-likeness (QED) is 0.564. The number of ketones is 1. The van der Waals surface area contributed by atoms with Gasteiger partial charge in [-0.1, -0.05) is 41.7 Å². The van der Waals surface area contributed by atoms with Crippen molar-refractivity contribution in [2.75, 3.05) is 13.2 Å². The number of hydrogen-bond acceptors (Lipinski definition) is 5. The van der Waals surface area contributed by atoms with Gasteiger partial charge in [-0.15, -0.1) is 0 Å². The zero-order valence-electron chi connectivity index (χ0n) is 10.3. The van der Waals surface area contributed by atoms with Gasteiger partial charge in [0.25, 0.3) is 3.79 Å². The summed E-state index contributed by atoms with van der Waals surface area (Å²) < 4.78 is 2.59. The number of aliphatic carboxylic acids is 1. The van der Waals surface area contributed by atoms with E-state index < -0.39 is 9.76 Å². The molecule has 0 atom stereocenters. The van der Waals surface area contributed by atoms with Gasteiger partial charge in [-0.3, -0.25) is 9.59 Å². The number of carboxylic acids is 1. The second-order valence-corrected chi connectivity index (χ2v) is 5.55. The largest absolute Gasteiger partial charge is 0.478 e. The van der Waals surface area contributed by atoms with E-state index in [9.17, 15) is 14.4 Å². The van der Waals surface area contributed by atoms with Crippen LogP contribution in [0.4, 0.5) is 0 Å². The highest BCUT2D eigenvalue weighted by Crippen LogP contribution is 2.25. The molecule has 0 rings (SSSR count). The maximum atomic E-state index is 10.8. The van der Waals surface area contributed by atoms with E-state index in [2.05, 4.69) is 0 Å². The number of carboxylic acid groups (broad SMARTS) is 1. The van der Waals surface area contributed by atoms with Crippen LogP contribution in [-0.4, -0.2) is 39.8 Å². The van der Waals surface area contributed by atoms with Gasteiger partial charge in [0, 0.05) is 6.42 Å². The van der Waals surface area contributed by atoms with Gasteiger partial charge in [-0.2, -0.15) is 0 Å². The second kappa shape index (κ2) is 11.3. The Labute approximate surface area is 126 Å². The third kappa shape index (κ3) is 15.4. The molecule has 0 unspecified atom stereocenters. The van der Waals surface area contributed by atoms with Crippen LogP contribution in [0, 0.1) is 0 Å². The molecule has 0 fully saturated rings. The zero-order valence-corrected chi connectivity index (χ0v) is 12.6. The minimum absolute atomic E-state index is 0.00105. The van der Waals surface area contributed by atoms with Crippen molar-refractivity contribution in [1.82, 2.24) is 0 Å². The monoisotopic (exact) mass is 335 g/mol. The lowest BCUT2D eigenvalue weighted by molar-refractivity contribution is -0.144. The lowest BCUT2D eigenvalue weighted by Crippen LogP contribution is -2.16. The Morgan fingerprint density at radius 1 is 1.21 bits per heavy atom. The molecule has 0 saturated heterocycles. The first-order chi connectivity index (χ1) is 8.65. The van der Waals surface area contributed by atoms with Gasteiger partial charge < -0.3 is 15.6 Å². The van der Waals surface area contributed by atoms with Gasteiger partial charge in [0.2, 0.25) is 0 Å². The minimum Gasteiger partial charge on any atom is -0.478 e. The Balaban J connectivity index is 0. The fourth-order valence-corrected chi connectivity index (χ4v) is 0.632. The Hall–Kier alpha value is -0.560. The number of alkyl halides is 3. The molecule has 0 aliphatic rings. The summed E-state index contributed by atoms with van der Waals surface area (Å²) in [6, 6.07) is 0. The van der Waals surface area contributed by atoms with E-state index in [1.54, 1.807) is 0 Å². The van der Waals surface area contributed by atoms with Gasteiger partial charge >= 0.3 is 11.9 Å². The summed E-state index contributed by atoms with van der Waals surface area (Å²) in [4.78, 5) is 31.1. The van der Waals surface area contributed by atoms with Crippen molar-refractivity contribution in [3.05, 3.63) is 0 Å². The number of rotatable bonds is 6. The molecule has 0 amide bonds. The summed E-state index contributed by atoms with van der Waals surface area (Å²) >= 11 is 14.4. The predicted molar refractivity (Wildman–Crippen MR) is 72.5 cm³/mol. The van der Waals surface area contributed by atoms with E-state index in [0.29, 0.717) is 6.61 Å². The number of nitrogens with two attached hydrogens (primary N) is 1. The molecule has 0 aliphatic carbocycles. The maximum absolute atomic E-state index is 10.8. The van der Waals surface area contributed by atoms with Crippen LogP contribution in [0.5, 0.6) is 0 Å². The first kappa shape index (κ1) is 20.8. The summed E-state index contributed by atoms with van der Waals surface area (Å²) in [6.45, 7) is 2.34. The second-order valence-electron chi connectivity index (χ2n) is 3.27. The molecule has 3 N–H and O–H groups in total. The van der Waals surface area contributed by atoms with Crippen LogP contribution in [0.1, 0.15) is 26.2 Å². The highest BCUT2D eigenvalue weighted by molar-refractivity contribution is 6.75. The predicted octanol–water partition coefficient (Wildman–Crippen LogP) is 1.69. The maximum Gasteiger partial charge on any atom is 0.356 e. The average Bonchev–Trinajstić information content (AvgIpc) is 2.32. The van der Waals surface area contributed by atoms with E-state index >= 15 is 0 Å². The number of halogens is 3. The smallest absolute Gasteiger partial charge is 0.356 e. The molecule has 19 heavy (non-hydrogen) atoms. The fourth-order valence-electron chi connectivity index (χ4n) is 0.632. The van der Waals surface area contributed by atoms with Crippen molar-refractivity contribution in [1.29, 1.82) is 0 Å². The number of hydrogen-bond donors (Lipinski definition) is 2. The van der Waals surface area contributed by atoms with Crippen LogP contribution in [-0.2, 0) is 19.1 Å². The van der Waals surface area contributed by atoms with Crippen molar-refractivity contribution in [3.8, 4) is 0 Å². The normalized spacial score (nSPS) is 10.2. The van der Waals surface area contributed by atoms with Gasteiger partial charge in [0.15, 0.2) is 0 Å². The fraction of sp³-hybridized carbons (Fsp3) is 0.700. The van der Waals surface area contributed by atoms with Gasteiger partial charge in [0.05, 0.1) is 19.6 Å². The Kier molecular flexibility index (Phi) is 12.3. The standard InChI is InChI=1S/C8H15NO3.C2HCl3O2/c1-2-5-12-8(11)4-3-7(10)6-9;3-2(4,5)1(6)7/h2-6,9H2,1H3;(H,6,7). The van der Waals surface area contributed by atoms with E-state index in [-0.39, 0.29) is 31.1 Å². The number of carbonyl (C=O) groups excluding carboxylic acids is 2. The van der Waals surface area contributed by atoms with Crippen molar-refractivity contribution >= 4 is 52.5 Å². The van der Waals surface area contributed by atoms with Crippen molar-refractivity contribution < 1.29 is 24.2 Å². The first-order valence-corrected chi connectivity index (χ1v) is 6.46. The Morgan fingerprint density at radius 2 is 1.68 bits per heavy atom. The molecule has 0 radical (unpaired) electrons. The van der Waals surface area contributed by atoms with E-state index in [4.69, 9.17) is 50.4 Å². The van der Waals surface area contributed by atoms with Crippen molar-refractivity contribution in [2.24, 2.45) is 5.73 Å². The number of Topliss-reactive ketones (excluding diaryl/α,β-unsaturated/α-hetero) is 1. The van der Waals surface area contributed by atoms with Gasteiger partial charge in [-0.25, -0.2) is 4.79 Å². The molecule has 0 bridgehead atoms. The first-order valence-electron chi connectivity index (χ1n) is 5.32. The van der Waals surface area contributed by atoms with Crippen LogP contribution in [0.25, 0.3) is 0 Å². The SMILES string of the molecule is CCCOC(=O)CCC(=O)CN.O=C(O)C(Cl)(Cl)Cl. The summed E-state index contributed by atoms with van der Waals surface area (Å²) in [6.07, 6.45) is 1.14. The molecular formula is C10H16Cl3NO5. The van der Waals surface area contributed by atoms with Crippen molar-refractivity contribution in [2.45, 2.75) is 30.0 Å². The van der Waals surface area contributed by atoms with Crippen LogP contribution >= 0.6 is 34.8 Å². The molecule has 0 saturated carbocycles. The third-order valence-electron chi connectivity index (χ3n) is 1.55. The molecule has 0 aromatic rings. The summed E-state index contributed by atoms with van der Waals surface area (Å²) in [5.74, 6) is -1.89. The van der Waals surface area contributed by atoms with Crippen LogP contribution in [0.2, 0.25) is 0 Å². The summed E-state index contributed by atoms with van der Waals surface area (Å²) in [7, 11) is 0. The zero-order chi connectivity index (χ0) is 15.5. The number of ether oxygens (including phenoxy) is 1. The van der Waals surface area contributed by atoms with E-state index in [1.165, 1.54) is 0 Å². The highest BCUT2D eigenvalue weighted by atomic mass is 35.6. The molecule has 0 spiro atoms. The lowest BCUT2D eigenvalue weighted by Gasteiger charge is -2.01. The molecule has 9 heteroatoms. The Bertz CT molecular complexity index is 304. The van der Waals surface area contributed by atoms with E-state index in [1.807, 2.05) is 6.92 Å². The van der Waals surface area contributed by atoms with Crippen molar-refractivity contribution in [3.63, 3.8) is 0 Å². The van der Waals surface area contributed by atoms with Crippen LogP contribution in [0.15, 0.2) is 0 Å². The topological polar surface area (TPSA) is 107 Å². The summed E-state index contributed by atoms with van der Waals surface area (Å²) in [5, 5.41) is 7.85. The summed E-state index contributed by atoms with van der Waals surface area (Å²) in [5.41, 5.74) is 5.06. The van der Waals surface area contributed by atoms with Crippen LogP contribution in [0.3, 0.4) is 0 Å². The third-order valence-corrected chi connectivity index (χ3v) is 2.03. The molecule has 0 aromatic heterocycles. The number of carbonyl (C=O) groups is 3. The number of esters is 1. The minimum atomic E-state index is -2.17. The molecule has 112 valence electrons. The molecule has 0 aromatic carbocycles. The Morgan fingerprint density at radius 3 is 2.00 bits per heavy atom. The molecule has 6 nitrogen and oxygen atoms in total. The van der Waals surface area contributed by atoms with Crippen LogP contribution < -0.4 is 5.73 Å². The molecule has 0 aliphatic heterocycles. The van der Waals surface area contributed by atoms with Gasteiger partial charge in [-0.05, 0) is 6.42 Å². The average molecular weight is 337 g/mol. The highest BCUT2D eigenvalue weighted by Gasteiger charge is 2.29. The van der Waals surface area contributed by atoms with E-state index in [0.717, 1.165) is 6.42 Å². The lowest BCUT2D eigenvalue weighted by atomic mass is 10.2. The molecule has 0 heterocycles.